The largest absolute Gasteiger partial charge is 0.497 e. The van der Waals surface area contributed by atoms with Gasteiger partial charge in [-0.2, -0.15) is 9.78 Å². The Balaban J connectivity index is 2.09. The van der Waals surface area contributed by atoms with Crippen LogP contribution in [-0.2, 0) is 0 Å². The minimum Gasteiger partial charge on any atom is -0.497 e. The van der Waals surface area contributed by atoms with Crippen LogP contribution >= 0.6 is 0 Å². The van der Waals surface area contributed by atoms with Gasteiger partial charge >= 0.3 is 0 Å². The highest BCUT2D eigenvalue weighted by Crippen LogP contribution is 2.33. The quantitative estimate of drug-likeness (QED) is 0.447. The fourth-order valence-corrected chi connectivity index (χ4v) is 2.84. The van der Waals surface area contributed by atoms with E-state index in [1.165, 1.54) is 11.8 Å². The van der Waals surface area contributed by atoms with Gasteiger partial charge in [-0.05, 0) is 51.1 Å². The summed E-state index contributed by atoms with van der Waals surface area (Å²) in [4.78, 5) is 22.8. The van der Waals surface area contributed by atoms with Crippen molar-refractivity contribution in [2.45, 2.75) is 26.8 Å². The van der Waals surface area contributed by atoms with E-state index >= 15 is 0 Å². The minimum atomic E-state index is -0.913. The molecule has 10 heteroatoms. The van der Waals surface area contributed by atoms with E-state index < -0.39 is 22.3 Å². The number of halogens is 1. The van der Waals surface area contributed by atoms with Gasteiger partial charge in [-0.1, -0.05) is 0 Å². The van der Waals surface area contributed by atoms with E-state index in [1.54, 1.807) is 31.2 Å². The maximum Gasteiger partial charge on any atom is 0.272 e. The first-order valence-electron chi connectivity index (χ1n) is 9.38. The molecule has 0 unspecified atom stereocenters. The molecule has 0 atom stereocenters. The second-order valence-electron chi connectivity index (χ2n) is 6.99. The molecular weight excluding hydrogens is 407 g/mol. The van der Waals surface area contributed by atoms with Crippen molar-refractivity contribution >= 4 is 11.6 Å². The SMILES string of the molecule is COc1ccc(-n2nc(C(=O)NC(C)C)c(C)c2Oc2ccc([N+](=O)[O-])cc2F)cc1. The van der Waals surface area contributed by atoms with Gasteiger partial charge in [0.05, 0.1) is 23.8 Å². The highest BCUT2D eigenvalue weighted by Gasteiger charge is 2.24. The fraction of sp³-hybridized carbons (Fsp3) is 0.238. The summed E-state index contributed by atoms with van der Waals surface area (Å²) in [5, 5.41) is 18.0. The molecule has 3 aromatic rings. The van der Waals surface area contributed by atoms with E-state index in [0.717, 1.165) is 18.2 Å². The van der Waals surface area contributed by atoms with E-state index in [4.69, 9.17) is 9.47 Å². The zero-order chi connectivity index (χ0) is 22.7. The van der Waals surface area contributed by atoms with Crippen LogP contribution in [0.5, 0.6) is 17.4 Å². The first kappa shape index (κ1) is 21.8. The van der Waals surface area contributed by atoms with Crippen LogP contribution in [0.3, 0.4) is 0 Å². The van der Waals surface area contributed by atoms with Gasteiger partial charge in [0.2, 0.25) is 5.88 Å². The number of carbonyl (C=O) groups is 1. The van der Waals surface area contributed by atoms with Crippen LogP contribution in [0.25, 0.3) is 5.69 Å². The zero-order valence-electron chi connectivity index (χ0n) is 17.4. The number of hydrogen-bond donors (Lipinski definition) is 1. The number of methoxy groups -OCH3 is 1. The molecule has 0 aliphatic rings. The lowest BCUT2D eigenvalue weighted by molar-refractivity contribution is -0.385. The predicted octanol–water partition coefficient (Wildman–Crippen LogP) is 4.17. The number of amides is 1. The number of nitro benzene ring substituents is 1. The van der Waals surface area contributed by atoms with Crippen molar-refractivity contribution in [2.75, 3.05) is 7.11 Å². The summed E-state index contributed by atoms with van der Waals surface area (Å²) in [5.41, 5.74) is 0.639. The second-order valence-corrected chi connectivity index (χ2v) is 6.99. The summed E-state index contributed by atoms with van der Waals surface area (Å²) in [6.07, 6.45) is 0. The van der Waals surface area contributed by atoms with E-state index in [9.17, 15) is 19.3 Å². The molecule has 0 spiro atoms. The summed E-state index contributed by atoms with van der Waals surface area (Å²) < 4.78 is 26.7. The maximum absolute atomic E-state index is 14.4. The number of benzene rings is 2. The Morgan fingerprint density at radius 2 is 1.90 bits per heavy atom. The lowest BCUT2D eigenvalue weighted by atomic mass is 10.2. The Labute approximate surface area is 177 Å². The number of hydrogen-bond acceptors (Lipinski definition) is 6. The van der Waals surface area contributed by atoms with E-state index in [2.05, 4.69) is 10.4 Å². The molecule has 1 N–H and O–H groups in total. The van der Waals surface area contributed by atoms with E-state index in [1.807, 2.05) is 13.8 Å². The summed E-state index contributed by atoms with van der Waals surface area (Å²) in [7, 11) is 1.54. The van der Waals surface area contributed by atoms with E-state index in [-0.39, 0.29) is 23.4 Å². The Kier molecular flexibility index (Phi) is 6.19. The standard InChI is InChI=1S/C21H21FN4O5/c1-12(2)23-20(27)19-13(3)21(25(24-19)14-5-8-16(30-4)9-6-14)31-18-10-7-15(26(28)29)11-17(18)22/h5-12H,1-4H3,(H,23,27). The molecular formula is C21H21FN4O5. The molecule has 2 aromatic carbocycles. The summed E-state index contributed by atoms with van der Waals surface area (Å²) in [6.45, 7) is 5.26. The smallest absolute Gasteiger partial charge is 0.272 e. The van der Waals surface area contributed by atoms with Crippen LogP contribution in [-0.4, -0.2) is 33.8 Å². The lowest BCUT2D eigenvalue weighted by Crippen LogP contribution is -2.30. The van der Waals surface area contributed by atoms with Crippen LogP contribution in [0.4, 0.5) is 10.1 Å². The Morgan fingerprint density at radius 3 is 2.45 bits per heavy atom. The molecule has 162 valence electrons. The summed E-state index contributed by atoms with van der Waals surface area (Å²) in [5.74, 6) is -0.835. The van der Waals surface area contributed by atoms with Crippen molar-refractivity contribution in [3.8, 4) is 23.1 Å². The molecule has 3 rings (SSSR count). The van der Waals surface area contributed by atoms with Crippen LogP contribution in [0.1, 0.15) is 29.9 Å². The molecule has 0 fully saturated rings. The monoisotopic (exact) mass is 428 g/mol. The van der Waals surface area contributed by atoms with Crippen LogP contribution in [0.2, 0.25) is 0 Å². The number of aromatic nitrogens is 2. The number of nitrogens with zero attached hydrogens (tertiary/aromatic N) is 3. The minimum absolute atomic E-state index is 0.104. The normalized spacial score (nSPS) is 10.8. The number of nitro groups is 1. The first-order chi connectivity index (χ1) is 14.7. The van der Waals surface area contributed by atoms with Crippen molar-refractivity contribution < 1.29 is 23.6 Å². The van der Waals surface area contributed by atoms with Gasteiger partial charge in [0.15, 0.2) is 17.3 Å². The molecule has 0 saturated heterocycles. The topological polar surface area (TPSA) is 109 Å². The summed E-state index contributed by atoms with van der Waals surface area (Å²) >= 11 is 0. The van der Waals surface area contributed by atoms with Crippen molar-refractivity contribution in [3.05, 3.63) is 69.7 Å². The third-order valence-electron chi connectivity index (χ3n) is 4.35. The summed E-state index contributed by atoms with van der Waals surface area (Å²) in [6, 6.07) is 9.76. The first-order valence-corrected chi connectivity index (χ1v) is 9.38. The van der Waals surface area contributed by atoms with Gasteiger partial charge in [0, 0.05) is 17.7 Å². The Bertz CT molecular complexity index is 1130. The molecule has 0 aliphatic heterocycles. The molecule has 1 heterocycles. The maximum atomic E-state index is 14.4. The fourth-order valence-electron chi connectivity index (χ4n) is 2.84. The molecule has 0 aliphatic carbocycles. The highest BCUT2D eigenvalue weighted by molar-refractivity contribution is 5.94. The van der Waals surface area contributed by atoms with Gasteiger partial charge < -0.3 is 14.8 Å². The Morgan fingerprint density at radius 1 is 1.23 bits per heavy atom. The molecule has 0 radical (unpaired) electrons. The number of rotatable bonds is 7. The number of ether oxygens (including phenoxy) is 2. The van der Waals surface area contributed by atoms with Crippen molar-refractivity contribution in [2.24, 2.45) is 0 Å². The van der Waals surface area contributed by atoms with Gasteiger partial charge in [0.1, 0.15) is 5.75 Å². The molecule has 0 bridgehead atoms. The van der Waals surface area contributed by atoms with Gasteiger partial charge in [-0.25, -0.2) is 4.39 Å². The van der Waals surface area contributed by atoms with Gasteiger partial charge in [0.25, 0.3) is 11.6 Å². The Hall–Kier alpha value is -3.95. The zero-order valence-corrected chi connectivity index (χ0v) is 17.4. The number of carbonyl (C=O) groups excluding carboxylic acids is 1. The molecule has 0 saturated carbocycles. The van der Waals surface area contributed by atoms with Crippen LogP contribution < -0.4 is 14.8 Å². The van der Waals surface area contributed by atoms with Crippen molar-refractivity contribution in [3.63, 3.8) is 0 Å². The third-order valence-corrected chi connectivity index (χ3v) is 4.35. The molecule has 31 heavy (non-hydrogen) atoms. The lowest BCUT2D eigenvalue weighted by Gasteiger charge is -2.11. The average Bonchev–Trinajstić information content (AvgIpc) is 3.05. The van der Waals surface area contributed by atoms with Crippen molar-refractivity contribution in [1.29, 1.82) is 0 Å². The molecule has 1 aromatic heterocycles. The highest BCUT2D eigenvalue weighted by atomic mass is 19.1. The predicted molar refractivity (Wildman–Crippen MR) is 111 cm³/mol. The van der Waals surface area contributed by atoms with Gasteiger partial charge in [-0.3, -0.25) is 14.9 Å². The van der Waals surface area contributed by atoms with Crippen molar-refractivity contribution in [1.82, 2.24) is 15.1 Å². The van der Waals surface area contributed by atoms with E-state index in [0.29, 0.717) is 17.0 Å². The third kappa shape index (κ3) is 4.63. The molecule has 9 nitrogen and oxygen atoms in total. The number of nitrogens with one attached hydrogen (secondary N) is 1. The van der Waals surface area contributed by atoms with Crippen LogP contribution in [0, 0.1) is 22.9 Å². The van der Waals surface area contributed by atoms with Gasteiger partial charge in [-0.15, -0.1) is 0 Å². The molecule has 1 amide bonds. The number of non-ortho nitro benzene ring substituents is 1. The average molecular weight is 428 g/mol. The second kappa shape index (κ2) is 8.82. The van der Waals surface area contributed by atoms with Crippen LogP contribution in [0.15, 0.2) is 42.5 Å².